The molecule has 0 fully saturated rings. The summed E-state index contributed by atoms with van der Waals surface area (Å²) in [6.45, 7) is 8.73. The molecular formula is C8H18FN. The molecule has 0 heterocycles. The number of alkyl halides is 1. The van der Waals surface area contributed by atoms with Gasteiger partial charge in [-0.05, 0) is 26.3 Å². The summed E-state index contributed by atoms with van der Waals surface area (Å²) in [5.41, 5.74) is -1.07. The van der Waals surface area contributed by atoms with Gasteiger partial charge in [-0.2, -0.15) is 0 Å². The third-order valence-electron chi connectivity index (χ3n) is 1.10. The van der Waals surface area contributed by atoms with Crippen molar-refractivity contribution in [2.75, 3.05) is 13.1 Å². The average molecular weight is 147 g/mol. The van der Waals surface area contributed by atoms with E-state index in [1.54, 1.807) is 13.8 Å². The molecule has 0 aliphatic carbocycles. The van der Waals surface area contributed by atoms with E-state index in [1.165, 1.54) is 0 Å². The van der Waals surface area contributed by atoms with Gasteiger partial charge in [-0.3, -0.25) is 0 Å². The third-order valence-corrected chi connectivity index (χ3v) is 1.10. The Bertz CT molecular complexity index is 83.7. The van der Waals surface area contributed by atoms with Gasteiger partial charge in [0.25, 0.3) is 0 Å². The van der Waals surface area contributed by atoms with Gasteiger partial charge in [0.2, 0.25) is 0 Å². The molecule has 1 N–H and O–H groups in total. The lowest BCUT2D eigenvalue weighted by Gasteiger charge is -2.15. The lowest BCUT2D eigenvalue weighted by Crippen LogP contribution is -2.33. The first-order valence-corrected chi connectivity index (χ1v) is 3.81. The van der Waals surface area contributed by atoms with E-state index < -0.39 is 5.67 Å². The molecule has 0 rings (SSSR count). The molecule has 0 aromatic rings. The van der Waals surface area contributed by atoms with Crippen LogP contribution in [0.25, 0.3) is 0 Å². The standard InChI is InChI=1S/C8H18FN/c1-7(2)5-10-6-8(3,4)9/h7,10H,5-6H2,1-4H3. The molecule has 0 saturated heterocycles. The van der Waals surface area contributed by atoms with Crippen molar-refractivity contribution in [3.8, 4) is 0 Å². The Hall–Kier alpha value is -0.110. The normalized spacial score (nSPS) is 12.6. The predicted octanol–water partition coefficient (Wildman–Crippen LogP) is 1.98. The van der Waals surface area contributed by atoms with Gasteiger partial charge >= 0.3 is 0 Å². The van der Waals surface area contributed by atoms with Crippen LogP contribution in [0.3, 0.4) is 0 Å². The smallest absolute Gasteiger partial charge is 0.117 e. The fraction of sp³-hybridized carbons (Fsp3) is 1.00. The van der Waals surface area contributed by atoms with Crippen LogP contribution < -0.4 is 5.32 Å². The Labute approximate surface area is 63.0 Å². The van der Waals surface area contributed by atoms with Crippen molar-refractivity contribution in [1.29, 1.82) is 0 Å². The van der Waals surface area contributed by atoms with Gasteiger partial charge in [0, 0.05) is 6.54 Å². The quantitative estimate of drug-likeness (QED) is 0.641. The van der Waals surface area contributed by atoms with E-state index in [4.69, 9.17) is 0 Å². The Morgan fingerprint density at radius 2 is 1.90 bits per heavy atom. The molecule has 0 aliphatic rings. The molecule has 0 bridgehead atoms. The molecule has 1 nitrogen and oxygen atoms in total. The van der Waals surface area contributed by atoms with Crippen molar-refractivity contribution in [1.82, 2.24) is 5.32 Å². The van der Waals surface area contributed by atoms with Crippen molar-refractivity contribution in [3.63, 3.8) is 0 Å². The second-order valence-electron chi connectivity index (χ2n) is 3.74. The van der Waals surface area contributed by atoms with Crippen molar-refractivity contribution in [2.24, 2.45) is 5.92 Å². The van der Waals surface area contributed by atoms with Crippen LogP contribution in [0.4, 0.5) is 4.39 Å². The van der Waals surface area contributed by atoms with Gasteiger partial charge in [0.1, 0.15) is 5.67 Å². The van der Waals surface area contributed by atoms with Gasteiger partial charge < -0.3 is 5.32 Å². The van der Waals surface area contributed by atoms with E-state index in [9.17, 15) is 4.39 Å². The number of halogens is 1. The molecule has 0 aromatic carbocycles. The van der Waals surface area contributed by atoms with Crippen LogP contribution in [0, 0.1) is 5.92 Å². The zero-order chi connectivity index (χ0) is 8.20. The van der Waals surface area contributed by atoms with E-state index >= 15 is 0 Å². The van der Waals surface area contributed by atoms with Crippen molar-refractivity contribution in [2.45, 2.75) is 33.4 Å². The highest BCUT2D eigenvalue weighted by Crippen LogP contribution is 2.05. The molecule has 0 radical (unpaired) electrons. The minimum absolute atomic E-state index is 0.450. The Morgan fingerprint density at radius 3 is 2.20 bits per heavy atom. The maximum absolute atomic E-state index is 12.8. The minimum Gasteiger partial charge on any atom is -0.313 e. The molecule has 0 saturated carbocycles. The van der Waals surface area contributed by atoms with Crippen LogP contribution in [0.5, 0.6) is 0 Å². The summed E-state index contributed by atoms with van der Waals surface area (Å²) in [6.07, 6.45) is 0. The zero-order valence-corrected chi connectivity index (χ0v) is 7.37. The lowest BCUT2D eigenvalue weighted by atomic mass is 10.1. The first kappa shape index (κ1) is 9.89. The SMILES string of the molecule is CC(C)CNCC(C)(C)F. The Balaban J connectivity index is 3.21. The molecule has 0 aromatic heterocycles. The van der Waals surface area contributed by atoms with E-state index in [-0.39, 0.29) is 0 Å². The highest BCUT2D eigenvalue weighted by Gasteiger charge is 2.13. The van der Waals surface area contributed by atoms with Gasteiger partial charge in [0.15, 0.2) is 0 Å². The summed E-state index contributed by atoms with van der Waals surface area (Å²) in [7, 11) is 0. The van der Waals surface area contributed by atoms with Crippen molar-refractivity contribution in [3.05, 3.63) is 0 Å². The lowest BCUT2D eigenvalue weighted by molar-refractivity contribution is 0.208. The maximum Gasteiger partial charge on any atom is 0.117 e. The number of nitrogens with one attached hydrogen (secondary N) is 1. The summed E-state index contributed by atoms with van der Waals surface area (Å²) in [5.74, 6) is 0.599. The average Bonchev–Trinajstić information content (AvgIpc) is 1.59. The summed E-state index contributed by atoms with van der Waals surface area (Å²) in [5, 5.41) is 3.05. The number of rotatable bonds is 4. The summed E-state index contributed by atoms with van der Waals surface area (Å²) < 4.78 is 12.8. The van der Waals surface area contributed by atoms with Crippen LogP contribution in [0.2, 0.25) is 0 Å². The van der Waals surface area contributed by atoms with Crippen LogP contribution >= 0.6 is 0 Å². The monoisotopic (exact) mass is 147 g/mol. The highest BCUT2D eigenvalue weighted by molar-refractivity contribution is 4.69. The van der Waals surface area contributed by atoms with Crippen LogP contribution in [0.1, 0.15) is 27.7 Å². The first-order chi connectivity index (χ1) is 4.42. The molecule has 0 amide bonds. The number of hydrogen-bond acceptors (Lipinski definition) is 1. The van der Waals surface area contributed by atoms with E-state index in [2.05, 4.69) is 19.2 Å². The zero-order valence-electron chi connectivity index (χ0n) is 7.37. The molecular weight excluding hydrogens is 129 g/mol. The highest BCUT2D eigenvalue weighted by atomic mass is 19.1. The van der Waals surface area contributed by atoms with Gasteiger partial charge in [0.05, 0.1) is 0 Å². The topological polar surface area (TPSA) is 12.0 Å². The van der Waals surface area contributed by atoms with E-state index in [1.807, 2.05) is 0 Å². The van der Waals surface area contributed by atoms with Gasteiger partial charge in [-0.15, -0.1) is 0 Å². The van der Waals surface area contributed by atoms with E-state index in [0.29, 0.717) is 12.5 Å². The minimum atomic E-state index is -1.07. The summed E-state index contributed by atoms with van der Waals surface area (Å²) in [4.78, 5) is 0. The predicted molar refractivity (Wildman–Crippen MR) is 42.9 cm³/mol. The van der Waals surface area contributed by atoms with Crippen LogP contribution in [-0.2, 0) is 0 Å². The molecule has 10 heavy (non-hydrogen) atoms. The van der Waals surface area contributed by atoms with Gasteiger partial charge in [-0.25, -0.2) is 4.39 Å². The molecule has 0 spiro atoms. The van der Waals surface area contributed by atoms with Gasteiger partial charge in [-0.1, -0.05) is 13.8 Å². The van der Waals surface area contributed by atoms with Crippen molar-refractivity contribution < 1.29 is 4.39 Å². The molecule has 0 unspecified atom stereocenters. The van der Waals surface area contributed by atoms with Crippen LogP contribution in [0.15, 0.2) is 0 Å². The summed E-state index contributed by atoms with van der Waals surface area (Å²) >= 11 is 0. The molecule has 62 valence electrons. The Morgan fingerprint density at radius 1 is 1.40 bits per heavy atom. The fourth-order valence-electron chi connectivity index (χ4n) is 0.658. The number of hydrogen-bond donors (Lipinski definition) is 1. The molecule has 2 heteroatoms. The Kier molecular flexibility index (Phi) is 3.87. The first-order valence-electron chi connectivity index (χ1n) is 3.81. The fourth-order valence-corrected chi connectivity index (χ4v) is 0.658. The summed E-state index contributed by atoms with van der Waals surface area (Å²) in [6, 6.07) is 0. The van der Waals surface area contributed by atoms with Crippen LogP contribution in [-0.4, -0.2) is 18.8 Å². The van der Waals surface area contributed by atoms with Crippen molar-refractivity contribution >= 4 is 0 Å². The largest absolute Gasteiger partial charge is 0.313 e. The second-order valence-corrected chi connectivity index (χ2v) is 3.74. The molecule has 0 atom stereocenters. The third kappa shape index (κ3) is 7.89. The second kappa shape index (κ2) is 3.91. The maximum atomic E-state index is 12.8. The van der Waals surface area contributed by atoms with E-state index in [0.717, 1.165) is 6.54 Å². The molecule has 0 aliphatic heterocycles.